The fourth-order valence-corrected chi connectivity index (χ4v) is 4.04. The number of aryl methyl sites for hydroxylation is 2. The van der Waals surface area contributed by atoms with E-state index in [9.17, 15) is 19.0 Å². The minimum atomic E-state index is -0.698. The van der Waals surface area contributed by atoms with Crippen molar-refractivity contribution in [3.63, 3.8) is 0 Å². The van der Waals surface area contributed by atoms with Gasteiger partial charge in [0, 0.05) is 0 Å². The number of benzene rings is 2. The molecule has 0 bridgehead atoms. The van der Waals surface area contributed by atoms with E-state index in [1.165, 1.54) is 24.3 Å². The Labute approximate surface area is 185 Å². The Bertz CT molecular complexity index is 802. The van der Waals surface area contributed by atoms with E-state index in [-0.39, 0.29) is 41.7 Å². The van der Waals surface area contributed by atoms with Crippen molar-refractivity contribution in [1.29, 1.82) is 0 Å². The molecule has 2 aliphatic heterocycles. The van der Waals surface area contributed by atoms with E-state index in [2.05, 4.69) is 0 Å². The number of hydrogen-bond donors (Lipinski definition) is 3. The van der Waals surface area contributed by atoms with Crippen molar-refractivity contribution in [2.75, 3.05) is 13.1 Å². The summed E-state index contributed by atoms with van der Waals surface area (Å²) in [6.45, 7) is 0.763. The van der Waals surface area contributed by atoms with Gasteiger partial charge in [-0.1, -0.05) is 0 Å². The number of halogens is 3. The minimum absolute atomic E-state index is 0. The van der Waals surface area contributed by atoms with Gasteiger partial charge in [0.05, 0.1) is 0 Å². The van der Waals surface area contributed by atoms with Crippen molar-refractivity contribution >= 4 is 0 Å². The van der Waals surface area contributed by atoms with Gasteiger partial charge in [-0.25, -0.2) is 8.78 Å². The summed E-state index contributed by atoms with van der Waals surface area (Å²) < 4.78 is 38.2. The lowest BCUT2D eigenvalue weighted by molar-refractivity contribution is -0.668. The van der Waals surface area contributed by atoms with Gasteiger partial charge in [0.15, 0.2) is 0 Å². The molecule has 4 rings (SSSR count). The average molecular weight is 460 g/mol. The zero-order valence-corrected chi connectivity index (χ0v) is 17.7. The molecule has 0 unspecified atom stereocenters. The highest BCUT2D eigenvalue weighted by atomic mass is 35.5. The summed E-state index contributed by atoms with van der Waals surface area (Å²) in [5.74, 6) is 0.664. The number of aliphatic hydroxyl groups is 2. The Morgan fingerprint density at radius 2 is 1.26 bits per heavy atom. The van der Waals surface area contributed by atoms with E-state index in [1.807, 2.05) is 5.32 Å². The van der Waals surface area contributed by atoms with Crippen LogP contribution in [0.25, 0.3) is 0 Å². The van der Waals surface area contributed by atoms with Gasteiger partial charge < -0.3 is 42.9 Å². The van der Waals surface area contributed by atoms with Gasteiger partial charge in [-0.3, -0.25) is 0 Å². The molecule has 0 aliphatic carbocycles. The molecule has 2 aromatic rings. The number of hydrogen-bond acceptors (Lipinski definition) is 4. The van der Waals surface area contributed by atoms with Crippen LogP contribution < -0.4 is 27.2 Å². The Morgan fingerprint density at radius 3 is 1.68 bits per heavy atom. The Hall–Kier alpha value is -1.97. The largest absolute Gasteiger partial charge is 1.00 e. The fraction of sp³-hybridized carbons (Fsp3) is 0.455. The maximum atomic E-state index is 13.3. The SMILES string of the molecule is O.O[C@@H](C[NH2+]C[C@H](O)[C@@H]1CCc2cc(F)ccc2O1)[C@@H]1CCc2cc(F)ccc2O1.[Cl-]. The van der Waals surface area contributed by atoms with E-state index < -0.39 is 12.2 Å². The lowest BCUT2D eigenvalue weighted by Crippen LogP contribution is -3.00. The molecule has 6 nitrogen and oxygen atoms in total. The second-order valence-corrected chi connectivity index (χ2v) is 7.79. The molecule has 6 N–H and O–H groups in total. The van der Waals surface area contributed by atoms with Crippen molar-refractivity contribution in [3.8, 4) is 11.5 Å². The number of quaternary nitrogens is 1. The highest BCUT2D eigenvalue weighted by Gasteiger charge is 2.30. The molecule has 2 aliphatic rings. The average Bonchev–Trinajstić information content (AvgIpc) is 2.72. The van der Waals surface area contributed by atoms with Crippen molar-refractivity contribution in [2.24, 2.45) is 0 Å². The van der Waals surface area contributed by atoms with Gasteiger partial charge >= 0.3 is 0 Å². The van der Waals surface area contributed by atoms with Gasteiger partial charge in [-0.2, -0.15) is 0 Å². The standard InChI is InChI=1S/C22H25F2NO4.ClH.H2O/c23-15-3-7-19-13(9-15)1-5-21(28-19)17(26)11-25-12-18(27)22-6-2-14-10-16(24)4-8-20(14)29-22;;/h3-4,7-10,17-18,21-22,25-27H,1-2,5-6,11-12H2;1H;1H2/t17-,18-,21-,22-;;/m0../s1. The van der Waals surface area contributed by atoms with Crippen molar-refractivity contribution in [1.82, 2.24) is 0 Å². The molecule has 2 heterocycles. The third kappa shape index (κ3) is 6.05. The number of ether oxygens (including phenoxy) is 2. The van der Waals surface area contributed by atoms with Crippen LogP contribution in [0.5, 0.6) is 11.5 Å². The normalized spacial score (nSPS) is 21.2. The first-order chi connectivity index (χ1) is 14.0. The van der Waals surface area contributed by atoms with Crippen LogP contribution in [0.3, 0.4) is 0 Å². The van der Waals surface area contributed by atoms with Crippen LogP contribution >= 0.6 is 0 Å². The molecule has 0 spiro atoms. The van der Waals surface area contributed by atoms with Crippen LogP contribution in [0.2, 0.25) is 0 Å². The van der Waals surface area contributed by atoms with Gasteiger partial charge in [0.2, 0.25) is 0 Å². The van der Waals surface area contributed by atoms with Gasteiger partial charge in [0.25, 0.3) is 0 Å². The van der Waals surface area contributed by atoms with E-state index in [0.717, 1.165) is 11.1 Å². The van der Waals surface area contributed by atoms with Crippen LogP contribution in [0.4, 0.5) is 8.78 Å². The minimum Gasteiger partial charge on any atom is -1.00 e. The van der Waals surface area contributed by atoms with Crippen LogP contribution in [-0.2, 0) is 12.8 Å². The molecule has 172 valence electrons. The van der Waals surface area contributed by atoms with E-state index in [0.29, 0.717) is 50.3 Å². The highest BCUT2D eigenvalue weighted by molar-refractivity contribution is 5.36. The molecule has 0 saturated heterocycles. The van der Waals surface area contributed by atoms with Crippen LogP contribution in [0.15, 0.2) is 36.4 Å². The summed E-state index contributed by atoms with van der Waals surface area (Å²) in [5, 5.41) is 22.8. The summed E-state index contributed by atoms with van der Waals surface area (Å²) in [6, 6.07) is 8.84. The molecule has 0 saturated carbocycles. The molecule has 0 fully saturated rings. The topological polar surface area (TPSA) is 107 Å². The van der Waals surface area contributed by atoms with E-state index >= 15 is 0 Å². The zero-order valence-electron chi connectivity index (χ0n) is 16.9. The zero-order chi connectivity index (χ0) is 20.4. The summed E-state index contributed by atoms with van der Waals surface area (Å²) in [7, 11) is 0. The summed E-state index contributed by atoms with van der Waals surface area (Å²) in [4.78, 5) is 0. The molecule has 4 atom stereocenters. The Morgan fingerprint density at radius 1 is 0.839 bits per heavy atom. The predicted molar refractivity (Wildman–Crippen MR) is 106 cm³/mol. The van der Waals surface area contributed by atoms with Gasteiger partial charge in [0.1, 0.15) is 60.6 Å². The smallest absolute Gasteiger partial charge is 0.139 e. The number of nitrogens with two attached hydrogens (primary N) is 1. The molecule has 0 amide bonds. The molecule has 31 heavy (non-hydrogen) atoms. The summed E-state index contributed by atoms with van der Waals surface area (Å²) in [5.41, 5.74) is 1.64. The van der Waals surface area contributed by atoms with Crippen LogP contribution in [0.1, 0.15) is 24.0 Å². The number of rotatable bonds is 6. The first-order valence-electron chi connectivity index (χ1n) is 10.1. The maximum Gasteiger partial charge on any atom is 0.139 e. The van der Waals surface area contributed by atoms with Crippen LogP contribution in [-0.4, -0.2) is 53.2 Å². The monoisotopic (exact) mass is 459 g/mol. The Kier molecular flexibility index (Phi) is 9.02. The summed E-state index contributed by atoms with van der Waals surface area (Å²) in [6.07, 6.45) is 0.455. The van der Waals surface area contributed by atoms with Crippen molar-refractivity contribution in [3.05, 3.63) is 59.2 Å². The second-order valence-electron chi connectivity index (χ2n) is 7.79. The summed E-state index contributed by atoms with van der Waals surface area (Å²) >= 11 is 0. The molecular formula is C22H28ClF2NO5. The maximum absolute atomic E-state index is 13.3. The lowest BCUT2D eigenvalue weighted by atomic mass is 9.98. The number of aliphatic hydroxyl groups excluding tert-OH is 2. The predicted octanol–water partition coefficient (Wildman–Crippen LogP) is -2.48. The van der Waals surface area contributed by atoms with Gasteiger partial charge in [-0.05, 0) is 73.2 Å². The molecule has 0 aromatic heterocycles. The first-order valence-corrected chi connectivity index (χ1v) is 10.1. The number of fused-ring (bicyclic) bond motifs is 2. The molecule has 9 heteroatoms. The quantitative estimate of drug-likeness (QED) is 0.444. The molecule has 2 aromatic carbocycles. The molecule has 0 radical (unpaired) electrons. The third-order valence-electron chi connectivity index (χ3n) is 5.67. The van der Waals surface area contributed by atoms with Crippen molar-refractivity contribution < 1.29 is 51.7 Å². The second kappa shape index (κ2) is 11.1. The first kappa shape index (κ1) is 25.3. The van der Waals surface area contributed by atoms with Crippen LogP contribution in [0, 0.1) is 11.6 Å². The Balaban J connectivity index is 0.00000171. The highest BCUT2D eigenvalue weighted by Crippen LogP contribution is 2.30. The fourth-order valence-electron chi connectivity index (χ4n) is 4.04. The lowest BCUT2D eigenvalue weighted by Gasteiger charge is -2.30. The van der Waals surface area contributed by atoms with Gasteiger partial charge in [-0.15, -0.1) is 0 Å². The van der Waals surface area contributed by atoms with E-state index in [4.69, 9.17) is 9.47 Å². The molecular weight excluding hydrogens is 432 g/mol. The van der Waals surface area contributed by atoms with Crippen molar-refractivity contribution in [2.45, 2.75) is 50.1 Å². The third-order valence-corrected chi connectivity index (χ3v) is 5.67. The van der Waals surface area contributed by atoms with E-state index in [1.54, 1.807) is 12.1 Å².